The standard InChI is InChI=1S/C13H22N2O/c1-13(2,3)15-8-7-12-14-9-11(16-12)10-5-4-6-10/h9-10,15H,4-8H2,1-3H3. The maximum atomic E-state index is 5.75. The lowest BCUT2D eigenvalue weighted by atomic mass is 9.84. The van der Waals surface area contributed by atoms with Gasteiger partial charge in [-0.25, -0.2) is 4.98 Å². The molecule has 0 bridgehead atoms. The van der Waals surface area contributed by atoms with E-state index >= 15 is 0 Å². The van der Waals surface area contributed by atoms with E-state index in [1.165, 1.54) is 19.3 Å². The van der Waals surface area contributed by atoms with Gasteiger partial charge in [-0.15, -0.1) is 0 Å². The Morgan fingerprint density at radius 1 is 1.44 bits per heavy atom. The molecule has 1 aliphatic carbocycles. The quantitative estimate of drug-likeness (QED) is 0.851. The zero-order valence-electron chi connectivity index (χ0n) is 10.5. The first-order valence-corrected chi connectivity index (χ1v) is 6.24. The van der Waals surface area contributed by atoms with E-state index in [1.54, 1.807) is 0 Å². The lowest BCUT2D eigenvalue weighted by Gasteiger charge is -2.22. The van der Waals surface area contributed by atoms with E-state index in [-0.39, 0.29) is 5.54 Å². The van der Waals surface area contributed by atoms with Gasteiger partial charge in [0.15, 0.2) is 5.89 Å². The summed E-state index contributed by atoms with van der Waals surface area (Å²) in [7, 11) is 0. The summed E-state index contributed by atoms with van der Waals surface area (Å²) in [4.78, 5) is 4.33. The predicted molar refractivity (Wildman–Crippen MR) is 64.6 cm³/mol. The van der Waals surface area contributed by atoms with Crippen LogP contribution in [0.2, 0.25) is 0 Å². The van der Waals surface area contributed by atoms with Gasteiger partial charge in [0, 0.05) is 24.4 Å². The van der Waals surface area contributed by atoms with Gasteiger partial charge in [0.05, 0.1) is 6.20 Å². The average molecular weight is 222 g/mol. The molecule has 3 nitrogen and oxygen atoms in total. The van der Waals surface area contributed by atoms with Gasteiger partial charge in [-0.3, -0.25) is 0 Å². The summed E-state index contributed by atoms with van der Waals surface area (Å²) >= 11 is 0. The van der Waals surface area contributed by atoms with Gasteiger partial charge in [-0.05, 0) is 33.6 Å². The first-order valence-electron chi connectivity index (χ1n) is 6.24. The maximum absolute atomic E-state index is 5.75. The third-order valence-electron chi connectivity index (χ3n) is 3.07. The highest BCUT2D eigenvalue weighted by Gasteiger charge is 2.23. The molecule has 1 fully saturated rings. The summed E-state index contributed by atoms with van der Waals surface area (Å²) in [5.74, 6) is 2.62. The number of rotatable bonds is 4. The molecule has 0 saturated heterocycles. The molecule has 1 heterocycles. The van der Waals surface area contributed by atoms with E-state index in [1.807, 2.05) is 6.20 Å². The number of nitrogens with one attached hydrogen (secondary N) is 1. The minimum absolute atomic E-state index is 0.170. The highest BCUT2D eigenvalue weighted by atomic mass is 16.4. The molecule has 0 aliphatic heterocycles. The monoisotopic (exact) mass is 222 g/mol. The molecule has 90 valence electrons. The van der Waals surface area contributed by atoms with Crippen molar-refractivity contribution in [2.45, 2.75) is 57.9 Å². The molecule has 16 heavy (non-hydrogen) atoms. The Kier molecular flexibility index (Phi) is 3.33. The zero-order valence-corrected chi connectivity index (χ0v) is 10.5. The summed E-state index contributed by atoms with van der Waals surface area (Å²) in [6.45, 7) is 7.43. The lowest BCUT2D eigenvalue weighted by Crippen LogP contribution is -2.37. The van der Waals surface area contributed by atoms with Gasteiger partial charge < -0.3 is 9.73 Å². The molecule has 1 aromatic heterocycles. The van der Waals surface area contributed by atoms with E-state index in [4.69, 9.17) is 4.42 Å². The Bertz CT molecular complexity index is 334. The maximum Gasteiger partial charge on any atom is 0.195 e. The average Bonchev–Trinajstić information content (AvgIpc) is 2.47. The van der Waals surface area contributed by atoms with Crippen LogP contribution in [0.15, 0.2) is 10.6 Å². The molecule has 0 aromatic carbocycles. The Labute approximate surface area is 97.6 Å². The SMILES string of the molecule is CC(C)(C)NCCc1ncc(C2CCC2)o1. The normalized spacial score (nSPS) is 17.4. The van der Waals surface area contributed by atoms with Gasteiger partial charge >= 0.3 is 0 Å². The zero-order chi connectivity index (χ0) is 11.6. The molecule has 3 heteroatoms. The van der Waals surface area contributed by atoms with Crippen LogP contribution in [-0.2, 0) is 6.42 Å². The van der Waals surface area contributed by atoms with Gasteiger partial charge in [0.25, 0.3) is 0 Å². The molecule has 0 radical (unpaired) electrons. The van der Waals surface area contributed by atoms with Crippen LogP contribution in [0, 0.1) is 0 Å². The summed E-state index contributed by atoms with van der Waals surface area (Å²) in [6.07, 6.45) is 6.68. The highest BCUT2D eigenvalue weighted by molar-refractivity contribution is 5.05. The number of aromatic nitrogens is 1. The number of hydrogen-bond donors (Lipinski definition) is 1. The molecular weight excluding hydrogens is 200 g/mol. The summed E-state index contributed by atoms with van der Waals surface area (Å²) in [5, 5.41) is 3.44. The smallest absolute Gasteiger partial charge is 0.195 e. The third-order valence-corrected chi connectivity index (χ3v) is 3.07. The second-order valence-electron chi connectivity index (χ2n) is 5.71. The molecule has 1 N–H and O–H groups in total. The Balaban J connectivity index is 1.79. The molecule has 0 atom stereocenters. The highest BCUT2D eigenvalue weighted by Crippen LogP contribution is 2.36. The van der Waals surface area contributed by atoms with Gasteiger partial charge in [-0.2, -0.15) is 0 Å². The fourth-order valence-electron chi connectivity index (χ4n) is 1.87. The number of hydrogen-bond acceptors (Lipinski definition) is 3. The number of nitrogens with zero attached hydrogens (tertiary/aromatic N) is 1. The minimum atomic E-state index is 0.170. The van der Waals surface area contributed by atoms with Crippen molar-refractivity contribution >= 4 is 0 Å². The van der Waals surface area contributed by atoms with E-state index in [9.17, 15) is 0 Å². The Hall–Kier alpha value is -0.830. The topological polar surface area (TPSA) is 38.1 Å². The van der Waals surface area contributed by atoms with E-state index in [2.05, 4.69) is 31.1 Å². The Morgan fingerprint density at radius 3 is 2.75 bits per heavy atom. The van der Waals surface area contributed by atoms with Crippen LogP contribution < -0.4 is 5.32 Å². The molecular formula is C13H22N2O. The van der Waals surface area contributed by atoms with Crippen molar-refractivity contribution in [2.24, 2.45) is 0 Å². The van der Waals surface area contributed by atoms with Gasteiger partial charge in [0.2, 0.25) is 0 Å². The first kappa shape index (κ1) is 11.6. The van der Waals surface area contributed by atoms with Gasteiger partial charge in [-0.1, -0.05) is 6.42 Å². The van der Waals surface area contributed by atoms with Crippen molar-refractivity contribution in [3.63, 3.8) is 0 Å². The van der Waals surface area contributed by atoms with Crippen molar-refractivity contribution in [1.82, 2.24) is 10.3 Å². The second-order valence-corrected chi connectivity index (χ2v) is 5.71. The summed E-state index contributed by atoms with van der Waals surface area (Å²) < 4.78 is 5.75. The third kappa shape index (κ3) is 3.08. The van der Waals surface area contributed by atoms with Crippen LogP contribution in [0.25, 0.3) is 0 Å². The van der Waals surface area contributed by atoms with E-state index in [0.717, 1.165) is 24.6 Å². The van der Waals surface area contributed by atoms with Crippen molar-refractivity contribution in [3.8, 4) is 0 Å². The molecule has 2 rings (SSSR count). The van der Waals surface area contributed by atoms with E-state index in [0.29, 0.717) is 5.92 Å². The van der Waals surface area contributed by atoms with Crippen molar-refractivity contribution in [1.29, 1.82) is 0 Å². The lowest BCUT2D eigenvalue weighted by molar-refractivity contribution is 0.330. The molecule has 0 spiro atoms. The molecule has 1 aromatic rings. The van der Waals surface area contributed by atoms with Gasteiger partial charge in [0.1, 0.15) is 5.76 Å². The minimum Gasteiger partial charge on any atom is -0.445 e. The number of oxazole rings is 1. The Morgan fingerprint density at radius 2 is 2.19 bits per heavy atom. The van der Waals surface area contributed by atoms with Crippen molar-refractivity contribution in [3.05, 3.63) is 17.8 Å². The van der Waals surface area contributed by atoms with Crippen LogP contribution in [0.4, 0.5) is 0 Å². The summed E-state index contributed by atoms with van der Waals surface area (Å²) in [6, 6.07) is 0. The molecule has 1 aliphatic rings. The molecule has 0 unspecified atom stereocenters. The van der Waals surface area contributed by atoms with Crippen LogP contribution >= 0.6 is 0 Å². The van der Waals surface area contributed by atoms with Crippen LogP contribution in [0.5, 0.6) is 0 Å². The molecule has 1 saturated carbocycles. The largest absolute Gasteiger partial charge is 0.445 e. The van der Waals surface area contributed by atoms with Crippen LogP contribution in [-0.4, -0.2) is 17.1 Å². The fraction of sp³-hybridized carbons (Fsp3) is 0.769. The first-order chi connectivity index (χ1) is 7.54. The van der Waals surface area contributed by atoms with Crippen molar-refractivity contribution in [2.75, 3.05) is 6.54 Å². The van der Waals surface area contributed by atoms with Crippen LogP contribution in [0.3, 0.4) is 0 Å². The second kappa shape index (κ2) is 4.58. The predicted octanol–water partition coefficient (Wildman–Crippen LogP) is 2.87. The van der Waals surface area contributed by atoms with Crippen molar-refractivity contribution < 1.29 is 4.42 Å². The van der Waals surface area contributed by atoms with E-state index < -0.39 is 0 Å². The van der Waals surface area contributed by atoms with Crippen LogP contribution in [0.1, 0.15) is 57.6 Å². The summed E-state index contributed by atoms with van der Waals surface area (Å²) in [5.41, 5.74) is 0.170. The fourth-order valence-corrected chi connectivity index (χ4v) is 1.87. The molecule has 0 amide bonds.